The van der Waals surface area contributed by atoms with Gasteiger partial charge in [0, 0.05) is 6.04 Å². The highest BCUT2D eigenvalue weighted by atomic mass is 32.2. The van der Waals surface area contributed by atoms with E-state index >= 15 is 0 Å². The first kappa shape index (κ1) is 14.2. The number of sulfonamides is 1. The lowest BCUT2D eigenvalue weighted by molar-refractivity contribution is 0.314. The maximum absolute atomic E-state index is 12.0. The summed E-state index contributed by atoms with van der Waals surface area (Å²) in [5, 5.41) is -0.0888. The maximum Gasteiger partial charge on any atom is 0.274 e. The van der Waals surface area contributed by atoms with Gasteiger partial charge in [0.1, 0.15) is 5.76 Å². The fraction of sp³-hybridized carbons (Fsp3) is 0.636. The Labute approximate surface area is 102 Å². The summed E-state index contributed by atoms with van der Waals surface area (Å²) < 4.78 is 31.7. The van der Waals surface area contributed by atoms with Gasteiger partial charge in [-0.25, -0.2) is 13.1 Å². The zero-order valence-electron chi connectivity index (χ0n) is 10.6. The normalized spacial score (nSPS) is 14.9. The number of hydrogen-bond acceptors (Lipinski definition) is 4. The minimum absolute atomic E-state index is 0.0888. The van der Waals surface area contributed by atoms with E-state index in [4.69, 9.17) is 10.2 Å². The summed E-state index contributed by atoms with van der Waals surface area (Å²) in [6, 6.07) is 2.79. The number of nitrogens with one attached hydrogen (secondary N) is 1. The van der Waals surface area contributed by atoms with Crippen molar-refractivity contribution in [3.8, 4) is 0 Å². The molecule has 5 nitrogen and oxygen atoms in total. The molecular weight excluding hydrogens is 240 g/mol. The first-order valence-corrected chi connectivity index (χ1v) is 6.96. The third-order valence-electron chi connectivity index (χ3n) is 2.73. The molecule has 0 aliphatic heterocycles. The van der Waals surface area contributed by atoms with Crippen LogP contribution in [-0.2, 0) is 16.6 Å². The van der Waals surface area contributed by atoms with Crippen LogP contribution in [-0.4, -0.2) is 14.5 Å². The van der Waals surface area contributed by atoms with Crippen LogP contribution in [0.3, 0.4) is 0 Å². The van der Waals surface area contributed by atoms with Gasteiger partial charge in [-0.3, -0.25) is 0 Å². The van der Waals surface area contributed by atoms with Crippen LogP contribution >= 0.6 is 0 Å². The Morgan fingerprint density at radius 1 is 1.41 bits per heavy atom. The Balaban J connectivity index is 2.89. The topological polar surface area (TPSA) is 85.3 Å². The second-order valence-corrected chi connectivity index (χ2v) is 6.78. The van der Waals surface area contributed by atoms with Crippen LogP contribution in [0.1, 0.15) is 33.5 Å². The van der Waals surface area contributed by atoms with Crippen molar-refractivity contribution in [1.82, 2.24) is 4.72 Å². The second kappa shape index (κ2) is 4.80. The SMILES string of the molecule is CC(NS(=O)(=O)c1ccc(CN)o1)C(C)(C)C. The van der Waals surface area contributed by atoms with Gasteiger partial charge in [0.05, 0.1) is 6.54 Å². The number of furan rings is 1. The van der Waals surface area contributed by atoms with E-state index in [1.165, 1.54) is 6.07 Å². The molecule has 1 atom stereocenters. The van der Waals surface area contributed by atoms with Gasteiger partial charge in [0.25, 0.3) is 10.0 Å². The van der Waals surface area contributed by atoms with E-state index in [0.29, 0.717) is 5.76 Å². The number of nitrogens with two attached hydrogens (primary N) is 1. The van der Waals surface area contributed by atoms with Gasteiger partial charge in [-0.05, 0) is 24.5 Å². The largest absolute Gasteiger partial charge is 0.447 e. The van der Waals surface area contributed by atoms with Crippen molar-refractivity contribution < 1.29 is 12.8 Å². The van der Waals surface area contributed by atoms with Crippen molar-refractivity contribution in [3.63, 3.8) is 0 Å². The van der Waals surface area contributed by atoms with Crippen LogP contribution in [0.15, 0.2) is 21.6 Å². The molecule has 0 aliphatic rings. The number of rotatable bonds is 4. The summed E-state index contributed by atoms with van der Waals surface area (Å²) in [5.74, 6) is 0.453. The van der Waals surface area contributed by atoms with Crippen molar-refractivity contribution in [2.24, 2.45) is 11.1 Å². The van der Waals surface area contributed by atoms with E-state index in [9.17, 15) is 8.42 Å². The lowest BCUT2D eigenvalue weighted by Crippen LogP contribution is -2.41. The molecular formula is C11H20N2O3S. The molecule has 0 fully saturated rings. The van der Waals surface area contributed by atoms with Crippen LogP contribution in [0.4, 0.5) is 0 Å². The van der Waals surface area contributed by atoms with Gasteiger partial charge in [-0.15, -0.1) is 0 Å². The molecule has 17 heavy (non-hydrogen) atoms. The Bertz CT molecular complexity index is 471. The van der Waals surface area contributed by atoms with Crippen molar-refractivity contribution in [2.45, 2.75) is 45.4 Å². The van der Waals surface area contributed by atoms with Gasteiger partial charge in [-0.2, -0.15) is 0 Å². The van der Waals surface area contributed by atoms with Crippen LogP contribution in [0, 0.1) is 5.41 Å². The van der Waals surface area contributed by atoms with Gasteiger partial charge in [-0.1, -0.05) is 20.8 Å². The summed E-state index contributed by atoms with van der Waals surface area (Å²) in [6.07, 6.45) is 0. The minimum Gasteiger partial charge on any atom is -0.447 e. The van der Waals surface area contributed by atoms with Crippen molar-refractivity contribution in [2.75, 3.05) is 0 Å². The summed E-state index contributed by atoms with van der Waals surface area (Å²) in [4.78, 5) is 0. The first-order chi connectivity index (χ1) is 7.66. The average molecular weight is 260 g/mol. The summed E-state index contributed by atoms with van der Waals surface area (Å²) in [7, 11) is -3.60. The Morgan fingerprint density at radius 2 is 2.00 bits per heavy atom. The van der Waals surface area contributed by atoms with Crippen LogP contribution in [0.5, 0.6) is 0 Å². The molecule has 0 radical (unpaired) electrons. The third kappa shape index (κ3) is 3.55. The van der Waals surface area contributed by atoms with E-state index in [1.807, 2.05) is 27.7 Å². The maximum atomic E-state index is 12.0. The van der Waals surface area contributed by atoms with Crippen molar-refractivity contribution in [3.05, 3.63) is 17.9 Å². The van der Waals surface area contributed by atoms with Gasteiger partial charge >= 0.3 is 0 Å². The van der Waals surface area contributed by atoms with Crippen LogP contribution < -0.4 is 10.5 Å². The Morgan fingerprint density at radius 3 is 2.41 bits per heavy atom. The average Bonchev–Trinajstić information content (AvgIpc) is 2.64. The van der Waals surface area contributed by atoms with E-state index in [0.717, 1.165) is 0 Å². The summed E-state index contributed by atoms with van der Waals surface area (Å²) in [5.41, 5.74) is 5.21. The predicted molar refractivity (Wildman–Crippen MR) is 65.8 cm³/mol. The molecule has 6 heteroatoms. The fourth-order valence-corrected chi connectivity index (χ4v) is 2.48. The molecule has 0 saturated carbocycles. The molecule has 1 aromatic rings. The predicted octanol–water partition coefficient (Wildman–Crippen LogP) is 1.45. The highest BCUT2D eigenvalue weighted by Gasteiger charge is 2.27. The molecule has 0 amide bonds. The molecule has 98 valence electrons. The second-order valence-electron chi connectivity index (χ2n) is 5.13. The number of hydrogen-bond donors (Lipinski definition) is 2. The molecule has 1 aromatic heterocycles. The molecule has 0 aromatic carbocycles. The van der Waals surface area contributed by atoms with E-state index < -0.39 is 10.0 Å². The Kier molecular flexibility index (Phi) is 4.01. The quantitative estimate of drug-likeness (QED) is 0.858. The fourth-order valence-electron chi connectivity index (χ4n) is 1.08. The van der Waals surface area contributed by atoms with Gasteiger partial charge in [0.15, 0.2) is 0 Å². The first-order valence-electron chi connectivity index (χ1n) is 5.48. The molecule has 1 unspecified atom stereocenters. The monoisotopic (exact) mass is 260 g/mol. The highest BCUT2D eigenvalue weighted by Crippen LogP contribution is 2.21. The molecule has 3 N–H and O–H groups in total. The van der Waals surface area contributed by atoms with E-state index in [1.54, 1.807) is 6.07 Å². The zero-order chi connectivity index (χ0) is 13.3. The lowest BCUT2D eigenvalue weighted by atomic mass is 9.89. The van der Waals surface area contributed by atoms with E-state index in [2.05, 4.69) is 4.72 Å². The molecule has 1 heterocycles. The van der Waals surface area contributed by atoms with Gasteiger partial charge < -0.3 is 10.2 Å². The minimum atomic E-state index is -3.60. The Hall–Kier alpha value is -0.850. The molecule has 0 spiro atoms. The molecule has 0 aliphatic carbocycles. The lowest BCUT2D eigenvalue weighted by Gasteiger charge is -2.27. The molecule has 0 bridgehead atoms. The van der Waals surface area contributed by atoms with Crippen LogP contribution in [0.25, 0.3) is 0 Å². The van der Waals surface area contributed by atoms with Crippen molar-refractivity contribution >= 4 is 10.0 Å². The van der Waals surface area contributed by atoms with Crippen LogP contribution in [0.2, 0.25) is 0 Å². The van der Waals surface area contributed by atoms with Crippen molar-refractivity contribution in [1.29, 1.82) is 0 Å². The van der Waals surface area contributed by atoms with Gasteiger partial charge in [0.2, 0.25) is 5.09 Å². The smallest absolute Gasteiger partial charge is 0.274 e. The molecule has 1 rings (SSSR count). The summed E-state index contributed by atoms with van der Waals surface area (Å²) >= 11 is 0. The van der Waals surface area contributed by atoms with E-state index in [-0.39, 0.29) is 23.1 Å². The summed E-state index contributed by atoms with van der Waals surface area (Å²) in [6.45, 7) is 7.91. The standard InChI is InChI=1S/C11H20N2O3S/c1-8(11(2,3)4)13-17(14,15)10-6-5-9(7-12)16-10/h5-6,8,13H,7,12H2,1-4H3. The molecule has 0 saturated heterocycles. The zero-order valence-corrected chi connectivity index (χ0v) is 11.5. The third-order valence-corrected chi connectivity index (χ3v) is 4.15. The highest BCUT2D eigenvalue weighted by molar-refractivity contribution is 7.89.